The maximum absolute atomic E-state index is 11.9. The second-order valence-corrected chi connectivity index (χ2v) is 7.63. The van der Waals surface area contributed by atoms with E-state index >= 15 is 0 Å². The maximum atomic E-state index is 11.9. The first-order valence-electron chi connectivity index (χ1n) is 6.05. The van der Waals surface area contributed by atoms with E-state index in [0.717, 1.165) is 10.5 Å². The summed E-state index contributed by atoms with van der Waals surface area (Å²) in [7, 11) is -3.43. The van der Waals surface area contributed by atoms with Crippen molar-refractivity contribution in [1.82, 2.24) is 10.0 Å². The molecular weight excluding hydrogens is 423 g/mol. The number of halogens is 1. The second kappa shape index (κ2) is 9.38. The smallest absolute Gasteiger partial charge is 0.250 e. The lowest BCUT2D eigenvalue weighted by Crippen LogP contribution is -2.38. The monoisotopic (exact) mass is 444 g/mol. The van der Waals surface area contributed by atoms with Gasteiger partial charge in [-0.1, -0.05) is 12.2 Å². The van der Waals surface area contributed by atoms with E-state index in [-0.39, 0.29) is 36.5 Å². The van der Waals surface area contributed by atoms with Crippen molar-refractivity contribution >= 4 is 51.3 Å². The van der Waals surface area contributed by atoms with E-state index < -0.39 is 10.0 Å². The standard InChI is InChI=1S/C12H20N4O2S2.HI/c1-9(2)8-15-12(13)14-6-7-16-20(17,18)11-5-4-10(3)19-11;/h4-5,16H,1,6-8H2,2-3H3,(H3,13,14,15);1H. The fraction of sp³-hybridized carbons (Fsp3) is 0.417. The number of nitrogens with zero attached hydrogens (tertiary/aromatic N) is 1. The van der Waals surface area contributed by atoms with Crippen LogP contribution in [0.2, 0.25) is 0 Å². The Kier molecular flexibility index (Phi) is 9.09. The highest BCUT2D eigenvalue weighted by Crippen LogP contribution is 2.19. The molecule has 9 heteroatoms. The van der Waals surface area contributed by atoms with E-state index in [1.807, 2.05) is 13.8 Å². The Morgan fingerprint density at radius 1 is 1.43 bits per heavy atom. The lowest BCUT2D eigenvalue weighted by atomic mass is 10.4. The van der Waals surface area contributed by atoms with Crippen LogP contribution in [-0.4, -0.2) is 34.0 Å². The summed E-state index contributed by atoms with van der Waals surface area (Å²) in [6, 6.07) is 3.37. The molecule has 0 radical (unpaired) electrons. The van der Waals surface area contributed by atoms with Crippen LogP contribution in [0.1, 0.15) is 11.8 Å². The Labute approximate surface area is 147 Å². The summed E-state index contributed by atoms with van der Waals surface area (Å²) >= 11 is 1.24. The Hall–Kier alpha value is -0.650. The molecule has 6 nitrogen and oxygen atoms in total. The largest absolute Gasteiger partial charge is 0.370 e. The zero-order valence-corrected chi connectivity index (χ0v) is 16.0. The fourth-order valence-corrected chi connectivity index (χ4v) is 3.64. The molecule has 1 rings (SSSR count). The van der Waals surface area contributed by atoms with Gasteiger partial charge in [-0.05, 0) is 26.0 Å². The number of sulfonamides is 1. The zero-order chi connectivity index (χ0) is 15.2. The summed E-state index contributed by atoms with van der Waals surface area (Å²) in [6.07, 6.45) is 0. The first-order valence-corrected chi connectivity index (χ1v) is 8.35. The fourth-order valence-electron chi connectivity index (χ4n) is 1.28. The molecule has 0 aromatic carbocycles. The number of guanidine groups is 1. The van der Waals surface area contributed by atoms with E-state index in [2.05, 4.69) is 21.6 Å². The summed E-state index contributed by atoms with van der Waals surface area (Å²) in [5.74, 6) is 0.277. The third-order valence-corrected chi connectivity index (χ3v) is 5.18. The summed E-state index contributed by atoms with van der Waals surface area (Å²) in [5, 5.41) is 2.83. The number of rotatable bonds is 7. The molecule has 0 saturated heterocycles. The van der Waals surface area contributed by atoms with Crippen molar-refractivity contribution in [2.75, 3.05) is 19.6 Å². The molecule has 0 aliphatic carbocycles. The number of thiophene rings is 1. The van der Waals surface area contributed by atoms with Crippen molar-refractivity contribution in [3.8, 4) is 0 Å². The average molecular weight is 444 g/mol. The first-order chi connectivity index (χ1) is 9.31. The maximum Gasteiger partial charge on any atom is 0.250 e. The van der Waals surface area contributed by atoms with Gasteiger partial charge in [0, 0.05) is 18.0 Å². The van der Waals surface area contributed by atoms with E-state index in [1.165, 1.54) is 11.3 Å². The minimum absolute atomic E-state index is 0. The third-order valence-electron chi connectivity index (χ3n) is 2.22. The Morgan fingerprint density at radius 2 is 2.10 bits per heavy atom. The minimum atomic E-state index is -3.43. The van der Waals surface area contributed by atoms with Crippen LogP contribution >= 0.6 is 35.3 Å². The molecule has 0 fully saturated rings. The van der Waals surface area contributed by atoms with Gasteiger partial charge in [0.2, 0.25) is 10.0 Å². The molecule has 0 atom stereocenters. The summed E-state index contributed by atoms with van der Waals surface area (Å²) in [6.45, 7) is 8.50. The van der Waals surface area contributed by atoms with E-state index in [1.54, 1.807) is 12.1 Å². The summed E-state index contributed by atoms with van der Waals surface area (Å²) in [5.41, 5.74) is 6.51. The van der Waals surface area contributed by atoms with Crippen molar-refractivity contribution in [1.29, 1.82) is 0 Å². The quantitative estimate of drug-likeness (QED) is 0.195. The van der Waals surface area contributed by atoms with Gasteiger partial charge in [-0.15, -0.1) is 35.3 Å². The molecule has 0 aliphatic heterocycles. The molecule has 1 aromatic rings. The molecule has 0 spiro atoms. The molecular formula is C12H21IN4O2S2. The highest BCUT2D eigenvalue weighted by Gasteiger charge is 2.14. The van der Waals surface area contributed by atoms with E-state index in [9.17, 15) is 8.42 Å². The normalized spacial score (nSPS) is 11.8. The van der Waals surface area contributed by atoms with Gasteiger partial charge in [-0.25, -0.2) is 18.1 Å². The van der Waals surface area contributed by atoms with Crippen LogP contribution in [-0.2, 0) is 10.0 Å². The van der Waals surface area contributed by atoms with Gasteiger partial charge in [0.15, 0.2) is 5.96 Å². The molecule has 1 aromatic heterocycles. The molecule has 0 bridgehead atoms. The van der Waals surface area contributed by atoms with Gasteiger partial charge in [0.25, 0.3) is 0 Å². The minimum Gasteiger partial charge on any atom is -0.370 e. The van der Waals surface area contributed by atoms with Crippen molar-refractivity contribution in [3.63, 3.8) is 0 Å². The van der Waals surface area contributed by atoms with Gasteiger partial charge < -0.3 is 11.1 Å². The first kappa shape index (κ1) is 20.3. The molecule has 21 heavy (non-hydrogen) atoms. The van der Waals surface area contributed by atoms with Crippen LogP contribution in [0.5, 0.6) is 0 Å². The number of hydrogen-bond donors (Lipinski definition) is 3. The summed E-state index contributed by atoms with van der Waals surface area (Å²) in [4.78, 5) is 4.99. The predicted molar refractivity (Wildman–Crippen MR) is 99.0 cm³/mol. The van der Waals surface area contributed by atoms with Crippen LogP contribution in [0, 0.1) is 6.92 Å². The Balaban J connectivity index is 0.00000400. The topological polar surface area (TPSA) is 96.6 Å². The van der Waals surface area contributed by atoms with Crippen LogP contribution in [0.15, 0.2) is 33.5 Å². The van der Waals surface area contributed by atoms with Crippen molar-refractivity contribution < 1.29 is 8.42 Å². The van der Waals surface area contributed by atoms with Crippen molar-refractivity contribution in [2.24, 2.45) is 10.7 Å². The highest BCUT2D eigenvalue weighted by atomic mass is 127. The Bertz CT molecular complexity index is 596. The van der Waals surface area contributed by atoms with Gasteiger partial charge >= 0.3 is 0 Å². The molecule has 0 saturated carbocycles. The number of aliphatic imine (C=N–C) groups is 1. The third kappa shape index (κ3) is 7.79. The lowest BCUT2D eigenvalue weighted by Gasteiger charge is -2.07. The Morgan fingerprint density at radius 3 is 2.62 bits per heavy atom. The SMILES string of the molecule is C=C(C)CN=C(N)NCCNS(=O)(=O)c1ccc(C)s1.I. The molecule has 4 N–H and O–H groups in total. The van der Waals surface area contributed by atoms with E-state index in [0.29, 0.717) is 17.3 Å². The number of nitrogens with one attached hydrogen (secondary N) is 2. The van der Waals surface area contributed by atoms with Crippen molar-refractivity contribution in [3.05, 3.63) is 29.2 Å². The molecule has 1 heterocycles. The molecule has 0 unspecified atom stereocenters. The van der Waals surface area contributed by atoms with Crippen LogP contribution in [0.4, 0.5) is 0 Å². The predicted octanol–water partition coefficient (Wildman–Crippen LogP) is 1.43. The highest BCUT2D eigenvalue weighted by molar-refractivity contribution is 14.0. The molecule has 0 amide bonds. The van der Waals surface area contributed by atoms with Gasteiger partial charge in [0.05, 0.1) is 6.54 Å². The van der Waals surface area contributed by atoms with Crippen LogP contribution < -0.4 is 15.8 Å². The van der Waals surface area contributed by atoms with E-state index in [4.69, 9.17) is 5.73 Å². The number of nitrogens with two attached hydrogens (primary N) is 1. The molecule has 0 aliphatic rings. The average Bonchev–Trinajstić information content (AvgIpc) is 2.79. The zero-order valence-electron chi connectivity index (χ0n) is 12.0. The lowest BCUT2D eigenvalue weighted by molar-refractivity contribution is 0.583. The van der Waals surface area contributed by atoms with Crippen molar-refractivity contribution in [2.45, 2.75) is 18.1 Å². The number of aryl methyl sites for hydroxylation is 1. The molecule has 120 valence electrons. The van der Waals surface area contributed by atoms with Crippen LogP contribution in [0.3, 0.4) is 0 Å². The second-order valence-electron chi connectivity index (χ2n) is 4.35. The summed E-state index contributed by atoms with van der Waals surface area (Å²) < 4.78 is 26.6. The van der Waals surface area contributed by atoms with Gasteiger partial charge in [-0.3, -0.25) is 0 Å². The van der Waals surface area contributed by atoms with Gasteiger partial charge in [0.1, 0.15) is 4.21 Å². The number of hydrogen-bond acceptors (Lipinski definition) is 4. The van der Waals surface area contributed by atoms with Crippen LogP contribution in [0.25, 0.3) is 0 Å². The van der Waals surface area contributed by atoms with Gasteiger partial charge in [-0.2, -0.15) is 0 Å².